The van der Waals surface area contributed by atoms with Gasteiger partial charge in [-0.1, -0.05) is 12.1 Å². The minimum absolute atomic E-state index is 0.0171. The molecule has 1 amide bonds. The maximum absolute atomic E-state index is 12.6. The van der Waals surface area contributed by atoms with Crippen LogP contribution in [0.15, 0.2) is 36.5 Å². The third kappa shape index (κ3) is 4.21. The van der Waals surface area contributed by atoms with Crippen LogP contribution in [0.4, 0.5) is 11.6 Å². The summed E-state index contributed by atoms with van der Waals surface area (Å²) in [5.74, 6) is 0.504. The van der Waals surface area contributed by atoms with Gasteiger partial charge in [0.25, 0.3) is 0 Å². The standard InChI is InChI=1S/C19H22N4O2/c1-13-8-9-20-19(21-13)23-10-4-6-16(12-23)18(25)22-17-7-3-5-15(11-17)14(2)24/h3,5,7-9,11,16H,4,6,10,12H2,1-2H3,(H,22,25)/t16-/m0/s1. The lowest BCUT2D eigenvalue weighted by Gasteiger charge is -2.32. The molecule has 0 saturated carbocycles. The summed E-state index contributed by atoms with van der Waals surface area (Å²) in [4.78, 5) is 34.9. The monoisotopic (exact) mass is 338 g/mol. The molecule has 3 rings (SSSR count). The Bertz CT molecular complexity index is 790. The lowest BCUT2D eigenvalue weighted by atomic mass is 9.97. The third-order valence-corrected chi connectivity index (χ3v) is 4.39. The number of piperidine rings is 1. The van der Waals surface area contributed by atoms with Gasteiger partial charge in [0, 0.05) is 36.2 Å². The number of hydrogen-bond donors (Lipinski definition) is 1. The van der Waals surface area contributed by atoms with E-state index in [1.807, 2.05) is 13.0 Å². The summed E-state index contributed by atoms with van der Waals surface area (Å²) in [6.45, 7) is 4.90. The van der Waals surface area contributed by atoms with Gasteiger partial charge in [0.1, 0.15) is 0 Å². The molecule has 2 aromatic rings. The highest BCUT2D eigenvalue weighted by Crippen LogP contribution is 2.22. The number of anilines is 2. The molecule has 2 heterocycles. The van der Waals surface area contributed by atoms with Crippen LogP contribution in [-0.2, 0) is 4.79 Å². The second kappa shape index (κ2) is 7.42. The molecule has 25 heavy (non-hydrogen) atoms. The summed E-state index contributed by atoms with van der Waals surface area (Å²) in [6, 6.07) is 8.90. The second-order valence-electron chi connectivity index (χ2n) is 6.41. The average Bonchev–Trinajstić information content (AvgIpc) is 2.62. The number of carbonyl (C=O) groups is 2. The fourth-order valence-electron chi connectivity index (χ4n) is 3.02. The van der Waals surface area contributed by atoms with Crippen LogP contribution >= 0.6 is 0 Å². The second-order valence-corrected chi connectivity index (χ2v) is 6.41. The van der Waals surface area contributed by atoms with Gasteiger partial charge in [0.15, 0.2) is 5.78 Å². The van der Waals surface area contributed by atoms with Gasteiger partial charge < -0.3 is 10.2 Å². The topological polar surface area (TPSA) is 75.2 Å². The van der Waals surface area contributed by atoms with E-state index < -0.39 is 0 Å². The molecule has 0 radical (unpaired) electrons. The van der Waals surface area contributed by atoms with Crippen molar-refractivity contribution >= 4 is 23.3 Å². The Hall–Kier alpha value is -2.76. The molecule has 1 saturated heterocycles. The normalized spacial score (nSPS) is 17.2. The van der Waals surface area contributed by atoms with Crippen molar-refractivity contribution in [1.82, 2.24) is 9.97 Å². The Morgan fingerprint density at radius 1 is 1.28 bits per heavy atom. The number of hydrogen-bond acceptors (Lipinski definition) is 5. The van der Waals surface area contributed by atoms with E-state index in [0.29, 0.717) is 23.7 Å². The highest BCUT2D eigenvalue weighted by molar-refractivity contribution is 5.97. The molecule has 1 N–H and O–H groups in total. The molecule has 0 bridgehead atoms. The van der Waals surface area contributed by atoms with Gasteiger partial charge in [-0.3, -0.25) is 9.59 Å². The molecule has 0 spiro atoms. The predicted octanol–water partition coefficient (Wildman–Crippen LogP) is 2.84. The van der Waals surface area contributed by atoms with E-state index in [2.05, 4.69) is 20.2 Å². The van der Waals surface area contributed by atoms with Gasteiger partial charge in [-0.25, -0.2) is 9.97 Å². The molecule has 0 aliphatic carbocycles. The Kier molecular flexibility index (Phi) is 5.07. The quantitative estimate of drug-likeness (QED) is 0.868. The van der Waals surface area contributed by atoms with Crippen molar-refractivity contribution in [3.63, 3.8) is 0 Å². The zero-order valence-electron chi connectivity index (χ0n) is 14.5. The van der Waals surface area contributed by atoms with Gasteiger partial charge in [0.2, 0.25) is 11.9 Å². The number of nitrogens with one attached hydrogen (secondary N) is 1. The van der Waals surface area contributed by atoms with E-state index >= 15 is 0 Å². The molecule has 1 fully saturated rings. The largest absolute Gasteiger partial charge is 0.340 e. The summed E-state index contributed by atoms with van der Waals surface area (Å²) >= 11 is 0. The summed E-state index contributed by atoms with van der Waals surface area (Å²) < 4.78 is 0. The lowest BCUT2D eigenvalue weighted by molar-refractivity contribution is -0.120. The molecule has 6 heteroatoms. The number of benzene rings is 1. The van der Waals surface area contributed by atoms with Crippen LogP contribution in [0.5, 0.6) is 0 Å². The summed E-state index contributed by atoms with van der Waals surface area (Å²) in [5, 5.41) is 2.93. The first-order valence-electron chi connectivity index (χ1n) is 8.49. The van der Waals surface area contributed by atoms with Gasteiger partial charge >= 0.3 is 0 Å². The van der Waals surface area contributed by atoms with Crippen LogP contribution in [0, 0.1) is 12.8 Å². The van der Waals surface area contributed by atoms with Crippen molar-refractivity contribution in [3.8, 4) is 0 Å². The van der Waals surface area contributed by atoms with Crippen LogP contribution in [0.2, 0.25) is 0 Å². The molecule has 130 valence electrons. The number of aromatic nitrogens is 2. The number of aryl methyl sites for hydroxylation is 1. The van der Waals surface area contributed by atoms with Crippen molar-refractivity contribution in [3.05, 3.63) is 47.8 Å². The number of amides is 1. The number of nitrogens with zero attached hydrogens (tertiary/aromatic N) is 3. The lowest BCUT2D eigenvalue weighted by Crippen LogP contribution is -2.41. The number of Topliss-reactive ketones (excluding diaryl/α,β-unsaturated/α-hetero) is 1. The zero-order chi connectivity index (χ0) is 17.8. The molecule has 0 unspecified atom stereocenters. The van der Waals surface area contributed by atoms with Gasteiger partial charge in [-0.15, -0.1) is 0 Å². The molecule has 1 aliphatic rings. The van der Waals surface area contributed by atoms with Crippen molar-refractivity contribution in [2.24, 2.45) is 5.92 Å². The molecular weight excluding hydrogens is 316 g/mol. The minimum Gasteiger partial charge on any atom is -0.340 e. The van der Waals surface area contributed by atoms with Crippen molar-refractivity contribution in [1.29, 1.82) is 0 Å². The van der Waals surface area contributed by atoms with Crippen molar-refractivity contribution in [2.45, 2.75) is 26.7 Å². The highest BCUT2D eigenvalue weighted by Gasteiger charge is 2.27. The Morgan fingerprint density at radius 3 is 2.88 bits per heavy atom. The van der Waals surface area contributed by atoms with Crippen LogP contribution in [0.25, 0.3) is 0 Å². The fraction of sp³-hybridized carbons (Fsp3) is 0.368. The van der Waals surface area contributed by atoms with E-state index in [-0.39, 0.29) is 17.6 Å². The first kappa shape index (κ1) is 17.1. The van der Waals surface area contributed by atoms with Gasteiger partial charge in [-0.2, -0.15) is 0 Å². The van der Waals surface area contributed by atoms with E-state index in [1.54, 1.807) is 30.5 Å². The Morgan fingerprint density at radius 2 is 2.12 bits per heavy atom. The molecule has 6 nitrogen and oxygen atoms in total. The van der Waals surface area contributed by atoms with E-state index in [1.165, 1.54) is 6.92 Å². The van der Waals surface area contributed by atoms with E-state index in [9.17, 15) is 9.59 Å². The summed E-state index contributed by atoms with van der Waals surface area (Å²) in [5.41, 5.74) is 2.16. The number of carbonyl (C=O) groups excluding carboxylic acids is 2. The van der Waals surface area contributed by atoms with E-state index in [0.717, 1.165) is 25.1 Å². The number of ketones is 1. The molecular formula is C19H22N4O2. The highest BCUT2D eigenvalue weighted by atomic mass is 16.2. The molecule has 1 aromatic heterocycles. The molecule has 1 atom stereocenters. The van der Waals surface area contributed by atoms with Crippen LogP contribution in [0.3, 0.4) is 0 Å². The minimum atomic E-state index is -0.126. The van der Waals surface area contributed by atoms with Gasteiger partial charge in [0.05, 0.1) is 5.92 Å². The predicted molar refractivity (Wildman–Crippen MR) is 96.8 cm³/mol. The Labute approximate surface area is 147 Å². The van der Waals surface area contributed by atoms with Crippen LogP contribution < -0.4 is 10.2 Å². The molecule has 1 aliphatic heterocycles. The summed E-state index contributed by atoms with van der Waals surface area (Å²) in [7, 11) is 0. The first-order chi connectivity index (χ1) is 12.0. The van der Waals surface area contributed by atoms with Crippen molar-refractivity contribution < 1.29 is 9.59 Å². The smallest absolute Gasteiger partial charge is 0.229 e. The maximum Gasteiger partial charge on any atom is 0.229 e. The first-order valence-corrected chi connectivity index (χ1v) is 8.49. The third-order valence-electron chi connectivity index (χ3n) is 4.39. The van der Waals surface area contributed by atoms with E-state index in [4.69, 9.17) is 0 Å². The van der Waals surface area contributed by atoms with Crippen molar-refractivity contribution in [2.75, 3.05) is 23.3 Å². The SMILES string of the molecule is CC(=O)c1cccc(NC(=O)[C@H]2CCCN(c3nccc(C)n3)C2)c1. The summed E-state index contributed by atoms with van der Waals surface area (Å²) in [6.07, 6.45) is 3.50. The molecule has 1 aromatic carbocycles. The fourth-order valence-corrected chi connectivity index (χ4v) is 3.02. The average molecular weight is 338 g/mol. The number of rotatable bonds is 4. The Balaban J connectivity index is 1.68. The maximum atomic E-state index is 12.6. The van der Waals surface area contributed by atoms with Crippen LogP contribution in [-0.4, -0.2) is 34.7 Å². The van der Waals surface area contributed by atoms with Gasteiger partial charge in [-0.05, 0) is 44.9 Å². The zero-order valence-corrected chi connectivity index (χ0v) is 14.5. The van der Waals surface area contributed by atoms with Crippen LogP contribution in [0.1, 0.15) is 35.8 Å².